The number of carbonyl (C=O) groups excluding carboxylic acids is 2. The van der Waals surface area contributed by atoms with Gasteiger partial charge >= 0.3 is 0 Å². The van der Waals surface area contributed by atoms with Crippen LogP contribution in [0.25, 0.3) is 0 Å². The number of aliphatic hydroxyl groups is 1. The van der Waals surface area contributed by atoms with Gasteiger partial charge in [-0.1, -0.05) is 6.42 Å². The number of aliphatic hydroxyl groups excluding tert-OH is 1. The molecule has 5 heterocycles. The lowest BCUT2D eigenvalue weighted by molar-refractivity contribution is -0.134. The first-order chi connectivity index (χ1) is 21.3. The lowest BCUT2D eigenvalue weighted by Gasteiger charge is -2.46. The fourth-order valence-electron chi connectivity index (χ4n) is 8.44. The van der Waals surface area contributed by atoms with Crippen molar-refractivity contribution in [1.82, 2.24) is 36.4 Å². The van der Waals surface area contributed by atoms with Crippen LogP contribution in [0.15, 0.2) is 0 Å². The number of nitrogens with one attached hydrogen (secondary N) is 5. The van der Waals surface area contributed by atoms with Crippen molar-refractivity contribution in [2.45, 2.75) is 120 Å². The number of ether oxygens (including phenoxy) is 2. The molecule has 0 spiro atoms. The maximum Gasteiger partial charge on any atom is 0.223 e. The summed E-state index contributed by atoms with van der Waals surface area (Å²) in [5.41, 5.74) is 0. The Balaban J connectivity index is 0.949. The Labute approximate surface area is 263 Å². The van der Waals surface area contributed by atoms with Crippen LogP contribution in [0, 0.1) is 17.8 Å². The average Bonchev–Trinajstić information content (AvgIpc) is 3.44. The molecule has 0 aromatic rings. The van der Waals surface area contributed by atoms with Gasteiger partial charge in [-0.25, -0.2) is 0 Å². The SMILES string of the molecule is CC(=O)N1CC(NC2CC(C(=O)NC[C@@H](O)[C@@H]3CC4CCC(OCC5OCNC5C)CC4CN3)CC(N3CCCCC3)N2)C1. The van der Waals surface area contributed by atoms with Gasteiger partial charge in [0, 0.05) is 50.6 Å². The van der Waals surface area contributed by atoms with Gasteiger partial charge in [0.05, 0.1) is 44.0 Å². The van der Waals surface area contributed by atoms with Crippen LogP contribution in [-0.4, -0.2) is 128 Å². The molecule has 12 nitrogen and oxygen atoms in total. The average molecular weight is 620 g/mol. The van der Waals surface area contributed by atoms with Gasteiger partial charge in [-0.15, -0.1) is 0 Å². The molecule has 0 radical (unpaired) electrons. The van der Waals surface area contributed by atoms with Crippen LogP contribution in [0.2, 0.25) is 0 Å². The largest absolute Gasteiger partial charge is 0.390 e. The molecule has 10 atom stereocenters. The molecule has 12 heteroatoms. The Kier molecular flexibility index (Phi) is 11.1. The molecule has 0 bridgehead atoms. The zero-order valence-electron chi connectivity index (χ0n) is 26.8. The van der Waals surface area contributed by atoms with Crippen molar-refractivity contribution in [3.63, 3.8) is 0 Å². The second kappa shape index (κ2) is 15.0. The van der Waals surface area contributed by atoms with Gasteiger partial charge in [-0.05, 0) is 89.8 Å². The third-order valence-electron chi connectivity index (χ3n) is 11.4. The number of likely N-dealkylation sites (tertiary alicyclic amines) is 2. The molecule has 6 aliphatic rings. The summed E-state index contributed by atoms with van der Waals surface area (Å²) in [6.07, 6.45) is 9.34. The smallest absolute Gasteiger partial charge is 0.223 e. The van der Waals surface area contributed by atoms with E-state index in [0.29, 0.717) is 37.6 Å². The highest BCUT2D eigenvalue weighted by Gasteiger charge is 2.40. The lowest BCUT2D eigenvalue weighted by Crippen LogP contribution is -2.67. The van der Waals surface area contributed by atoms with Crippen LogP contribution in [0.4, 0.5) is 0 Å². The Bertz CT molecular complexity index is 963. The predicted molar refractivity (Wildman–Crippen MR) is 166 cm³/mol. The van der Waals surface area contributed by atoms with E-state index in [9.17, 15) is 14.7 Å². The molecule has 6 rings (SSSR count). The minimum Gasteiger partial charge on any atom is -0.390 e. The highest BCUT2D eigenvalue weighted by atomic mass is 16.5. The van der Waals surface area contributed by atoms with E-state index in [0.717, 1.165) is 64.8 Å². The summed E-state index contributed by atoms with van der Waals surface area (Å²) in [7, 11) is 0. The summed E-state index contributed by atoms with van der Waals surface area (Å²) in [6, 6.07) is 0.591. The molecule has 6 N–H and O–H groups in total. The topological polar surface area (TPSA) is 139 Å². The van der Waals surface area contributed by atoms with E-state index in [1.54, 1.807) is 6.92 Å². The molecule has 0 aromatic carbocycles. The van der Waals surface area contributed by atoms with Crippen molar-refractivity contribution in [3.05, 3.63) is 0 Å². The number of rotatable bonds is 10. The Morgan fingerprint density at radius 2 is 1.86 bits per heavy atom. The molecule has 250 valence electrons. The molecule has 8 unspecified atom stereocenters. The molecular formula is C32H57N7O5. The maximum atomic E-state index is 13.5. The number of hydrogen-bond donors (Lipinski definition) is 6. The summed E-state index contributed by atoms with van der Waals surface area (Å²) < 4.78 is 12.0. The fourth-order valence-corrected chi connectivity index (χ4v) is 8.44. The highest BCUT2D eigenvalue weighted by molar-refractivity contribution is 5.79. The fraction of sp³-hybridized carbons (Fsp3) is 0.938. The summed E-state index contributed by atoms with van der Waals surface area (Å²) >= 11 is 0. The number of hydrogen-bond acceptors (Lipinski definition) is 10. The lowest BCUT2D eigenvalue weighted by atomic mass is 9.72. The number of nitrogens with zero attached hydrogens (tertiary/aromatic N) is 2. The van der Waals surface area contributed by atoms with Gasteiger partial charge in [0.15, 0.2) is 0 Å². The number of piperidine rings is 3. The Morgan fingerprint density at radius 1 is 1.05 bits per heavy atom. The van der Waals surface area contributed by atoms with Gasteiger partial charge < -0.3 is 30.1 Å². The van der Waals surface area contributed by atoms with Gasteiger partial charge in [0.25, 0.3) is 0 Å². The van der Waals surface area contributed by atoms with Crippen LogP contribution < -0.4 is 26.6 Å². The third-order valence-corrected chi connectivity index (χ3v) is 11.4. The van der Waals surface area contributed by atoms with Crippen molar-refractivity contribution in [3.8, 4) is 0 Å². The highest BCUT2D eigenvalue weighted by Crippen LogP contribution is 2.37. The Morgan fingerprint density at radius 3 is 2.61 bits per heavy atom. The first-order valence-corrected chi connectivity index (χ1v) is 17.5. The summed E-state index contributed by atoms with van der Waals surface area (Å²) in [4.78, 5) is 29.5. The zero-order chi connectivity index (χ0) is 30.6. The molecular weight excluding hydrogens is 562 g/mol. The van der Waals surface area contributed by atoms with Gasteiger partial charge in [-0.2, -0.15) is 0 Å². The minimum atomic E-state index is -0.608. The second-order valence-electron chi connectivity index (χ2n) is 14.5. The molecule has 2 amide bonds. The first kappa shape index (κ1) is 32.6. The van der Waals surface area contributed by atoms with Crippen LogP contribution in [0.1, 0.15) is 71.6 Å². The van der Waals surface area contributed by atoms with Gasteiger partial charge in [0.1, 0.15) is 0 Å². The van der Waals surface area contributed by atoms with Crippen molar-refractivity contribution >= 4 is 11.8 Å². The van der Waals surface area contributed by atoms with E-state index in [1.165, 1.54) is 19.3 Å². The molecule has 1 aliphatic carbocycles. The molecule has 6 fully saturated rings. The van der Waals surface area contributed by atoms with Crippen LogP contribution >= 0.6 is 0 Å². The predicted octanol–water partition coefficient (Wildman–Crippen LogP) is -0.0807. The zero-order valence-corrected chi connectivity index (χ0v) is 26.8. The van der Waals surface area contributed by atoms with Crippen molar-refractivity contribution in [2.75, 3.05) is 52.6 Å². The molecule has 44 heavy (non-hydrogen) atoms. The summed E-state index contributed by atoms with van der Waals surface area (Å²) in [5, 5.41) is 28.6. The Hall–Kier alpha value is -1.38. The minimum absolute atomic E-state index is 0.000735. The third kappa shape index (κ3) is 8.12. The van der Waals surface area contributed by atoms with Crippen LogP contribution in [-0.2, 0) is 19.1 Å². The van der Waals surface area contributed by atoms with E-state index in [1.807, 2.05) is 4.90 Å². The monoisotopic (exact) mass is 619 g/mol. The van der Waals surface area contributed by atoms with Crippen molar-refractivity contribution in [2.24, 2.45) is 17.8 Å². The standard InChI is InChI=1S/C32H57N7O5/c1-20-29(44-19-35-20)18-43-26-7-6-22-11-27(33-14-24(22)10-26)28(41)15-34-32(42)23-12-30(36-25-16-39(17-25)21(2)40)37-31(13-23)38-8-4-3-5-9-38/h20,22-31,33,35-37,41H,3-19H2,1-2H3,(H,34,42)/t20?,22?,23?,24?,26?,27-,28+,29?,30?,31?/m0/s1. The van der Waals surface area contributed by atoms with Gasteiger partial charge in [0.2, 0.25) is 11.8 Å². The number of fused-ring (bicyclic) bond motifs is 1. The quantitative estimate of drug-likeness (QED) is 0.197. The maximum absolute atomic E-state index is 13.5. The normalized spacial score (nSPS) is 39.3. The van der Waals surface area contributed by atoms with Crippen molar-refractivity contribution < 1.29 is 24.2 Å². The second-order valence-corrected chi connectivity index (χ2v) is 14.5. The molecule has 0 aromatic heterocycles. The van der Waals surface area contributed by atoms with E-state index in [-0.39, 0.29) is 60.9 Å². The van der Waals surface area contributed by atoms with Crippen LogP contribution in [0.5, 0.6) is 0 Å². The number of carbonyl (C=O) groups is 2. The van der Waals surface area contributed by atoms with E-state index < -0.39 is 6.10 Å². The number of amides is 2. The van der Waals surface area contributed by atoms with Crippen LogP contribution in [0.3, 0.4) is 0 Å². The summed E-state index contributed by atoms with van der Waals surface area (Å²) in [5.74, 6) is 1.19. The van der Waals surface area contributed by atoms with Crippen molar-refractivity contribution in [1.29, 1.82) is 0 Å². The molecule has 5 saturated heterocycles. The van der Waals surface area contributed by atoms with E-state index in [2.05, 4.69) is 38.4 Å². The van der Waals surface area contributed by atoms with Gasteiger partial charge in [-0.3, -0.25) is 30.4 Å². The molecule has 5 aliphatic heterocycles. The summed E-state index contributed by atoms with van der Waals surface area (Å²) in [6.45, 7) is 9.75. The van der Waals surface area contributed by atoms with E-state index >= 15 is 0 Å². The molecule has 1 saturated carbocycles. The van der Waals surface area contributed by atoms with E-state index in [4.69, 9.17) is 9.47 Å². The first-order valence-electron chi connectivity index (χ1n) is 17.5.